The second-order valence-electron chi connectivity index (χ2n) is 12.3. The van der Waals surface area contributed by atoms with Crippen molar-refractivity contribution in [3.8, 4) is 0 Å². The molecule has 3 aliphatic rings. The van der Waals surface area contributed by atoms with E-state index in [0.717, 1.165) is 44.1 Å². The van der Waals surface area contributed by atoms with E-state index in [9.17, 15) is 14.4 Å². The number of likely N-dealkylation sites (tertiary alicyclic amines) is 1. The zero-order valence-corrected chi connectivity index (χ0v) is 26.1. The normalized spacial score (nSPS) is 23.0. The smallest absolute Gasteiger partial charge is 0.338 e. The van der Waals surface area contributed by atoms with Gasteiger partial charge in [0.2, 0.25) is 5.91 Å². The number of hydrogen-bond acceptors (Lipinski definition) is 6. The number of amides is 3. The van der Waals surface area contributed by atoms with Gasteiger partial charge >= 0.3 is 12.0 Å². The molecule has 0 radical (unpaired) electrons. The van der Waals surface area contributed by atoms with Crippen molar-refractivity contribution >= 4 is 23.6 Å². The van der Waals surface area contributed by atoms with Gasteiger partial charge in [0.25, 0.3) is 0 Å². The van der Waals surface area contributed by atoms with Crippen molar-refractivity contribution in [3.63, 3.8) is 0 Å². The average molecular weight is 603 g/mol. The third-order valence-electron chi connectivity index (χ3n) is 9.38. The van der Waals surface area contributed by atoms with Gasteiger partial charge in [0.1, 0.15) is 5.60 Å². The maximum atomic E-state index is 13.4. The molecule has 0 aromatic heterocycles. The number of rotatable bonds is 10. The zero-order valence-electron chi connectivity index (χ0n) is 26.1. The number of benzene rings is 2. The molecule has 1 saturated carbocycles. The van der Waals surface area contributed by atoms with Gasteiger partial charge in [-0.1, -0.05) is 56.2 Å². The van der Waals surface area contributed by atoms with E-state index in [1.165, 1.54) is 0 Å². The van der Waals surface area contributed by atoms with E-state index in [2.05, 4.69) is 31.0 Å². The number of esters is 1. The summed E-state index contributed by atoms with van der Waals surface area (Å²) in [7, 11) is 0. The fourth-order valence-electron chi connectivity index (χ4n) is 6.96. The summed E-state index contributed by atoms with van der Waals surface area (Å²) in [6.45, 7) is 11.1. The van der Waals surface area contributed by atoms with E-state index < -0.39 is 5.60 Å². The lowest BCUT2D eigenvalue weighted by atomic mass is 9.85. The van der Waals surface area contributed by atoms with Crippen LogP contribution in [-0.4, -0.2) is 78.1 Å². The molecule has 0 spiro atoms. The molecule has 2 aliphatic heterocycles. The molecule has 2 aromatic rings. The molecule has 0 bridgehead atoms. The van der Waals surface area contributed by atoms with Crippen molar-refractivity contribution in [1.29, 1.82) is 0 Å². The highest BCUT2D eigenvalue weighted by Crippen LogP contribution is 2.43. The number of urea groups is 1. The first-order valence-corrected chi connectivity index (χ1v) is 16.1. The SMILES string of the molecule is C=CCN(C(=O)Nc1ccc(C(=O)OCC)cc1)C1CCN(O[C@]2(c3ccccc3)CN(C(=O)C3CCCC3)C[C@@H]2C)CC1. The molecule has 9 nitrogen and oxygen atoms in total. The largest absolute Gasteiger partial charge is 0.462 e. The molecule has 0 unspecified atom stereocenters. The van der Waals surface area contributed by atoms with Crippen molar-refractivity contribution in [1.82, 2.24) is 14.9 Å². The molecule has 3 amide bonds. The third kappa shape index (κ3) is 7.00. The molecule has 2 atom stereocenters. The Bertz CT molecular complexity index is 1290. The Morgan fingerprint density at radius 3 is 2.34 bits per heavy atom. The highest BCUT2D eigenvalue weighted by atomic mass is 16.7. The van der Waals surface area contributed by atoms with Gasteiger partial charge in [-0.25, -0.2) is 9.59 Å². The van der Waals surface area contributed by atoms with Crippen molar-refractivity contribution in [3.05, 3.63) is 78.4 Å². The van der Waals surface area contributed by atoms with Gasteiger partial charge in [0.05, 0.1) is 18.7 Å². The predicted molar refractivity (Wildman–Crippen MR) is 170 cm³/mol. The van der Waals surface area contributed by atoms with Gasteiger partial charge in [0.15, 0.2) is 0 Å². The van der Waals surface area contributed by atoms with Gasteiger partial charge in [-0.2, -0.15) is 5.06 Å². The number of carbonyl (C=O) groups excluding carboxylic acids is 3. The van der Waals surface area contributed by atoms with Gasteiger partial charge in [-0.15, -0.1) is 6.58 Å². The predicted octanol–water partition coefficient (Wildman–Crippen LogP) is 5.84. The Kier molecular flexibility index (Phi) is 10.4. The van der Waals surface area contributed by atoms with Gasteiger partial charge in [-0.05, 0) is 62.4 Å². The third-order valence-corrected chi connectivity index (χ3v) is 9.38. The zero-order chi connectivity index (χ0) is 31.1. The molecular weight excluding hydrogens is 556 g/mol. The second-order valence-corrected chi connectivity index (χ2v) is 12.3. The lowest BCUT2D eigenvalue weighted by Crippen LogP contribution is -2.51. The fourth-order valence-corrected chi connectivity index (χ4v) is 6.96. The maximum Gasteiger partial charge on any atom is 0.338 e. The van der Waals surface area contributed by atoms with Crippen LogP contribution < -0.4 is 5.32 Å². The number of nitrogens with zero attached hydrogens (tertiary/aromatic N) is 3. The average Bonchev–Trinajstić information content (AvgIpc) is 3.70. The molecule has 1 aliphatic carbocycles. The van der Waals surface area contributed by atoms with E-state index in [1.54, 1.807) is 37.3 Å². The Balaban J connectivity index is 1.23. The van der Waals surface area contributed by atoms with E-state index in [0.29, 0.717) is 50.6 Å². The van der Waals surface area contributed by atoms with Crippen LogP contribution in [0.25, 0.3) is 0 Å². The van der Waals surface area contributed by atoms with Crippen molar-refractivity contribution in [2.75, 3.05) is 44.6 Å². The summed E-state index contributed by atoms with van der Waals surface area (Å²) in [5.41, 5.74) is 1.53. The Morgan fingerprint density at radius 2 is 1.70 bits per heavy atom. The number of carbonyl (C=O) groups is 3. The van der Waals surface area contributed by atoms with E-state index >= 15 is 0 Å². The first kappa shape index (κ1) is 31.7. The number of piperidine rings is 1. The molecule has 1 N–H and O–H groups in total. The molecule has 2 saturated heterocycles. The van der Waals surface area contributed by atoms with Crippen LogP contribution in [0.2, 0.25) is 0 Å². The van der Waals surface area contributed by atoms with E-state index in [1.807, 2.05) is 33.1 Å². The van der Waals surface area contributed by atoms with Gasteiger partial charge in [0, 0.05) is 49.7 Å². The molecular formula is C35H46N4O5. The number of anilines is 1. The summed E-state index contributed by atoms with van der Waals surface area (Å²) >= 11 is 0. The first-order valence-electron chi connectivity index (χ1n) is 16.1. The van der Waals surface area contributed by atoms with Crippen molar-refractivity contribution in [2.24, 2.45) is 11.8 Å². The van der Waals surface area contributed by atoms with Crippen LogP contribution in [0.1, 0.15) is 68.3 Å². The van der Waals surface area contributed by atoms with Gasteiger partial charge in [-0.3, -0.25) is 9.63 Å². The van der Waals surface area contributed by atoms with Crippen LogP contribution in [0.15, 0.2) is 67.3 Å². The minimum Gasteiger partial charge on any atom is -0.462 e. The van der Waals surface area contributed by atoms with Crippen molar-refractivity contribution in [2.45, 2.75) is 64.0 Å². The summed E-state index contributed by atoms with van der Waals surface area (Å²) in [6, 6.07) is 16.8. The Morgan fingerprint density at radius 1 is 1.02 bits per heavy atom. The lowest BCUT2D eigenvalue weighted by Gasteiger charge is -2.42. The number of hydrogen-bond donors (Lipinski definition) is 1. The minimum absolute atomic E-state index is 0.0146. The maximum absolute atomic E-state index is 13.4. The quantitative estimate of drug-likeness (QED) is 0.271. The number of ether oxygens (including phenoxy) is 1. The number of hydroxylamine groups is 2. The summed E-state index contributed by atoms with van der Waals surface area (Å²) in [5.74, 6) is 0.158. The second kappa shape index (κ2) is 14.4. The Hall–Kier alpha value is -3.69. The summed E-state index contributed by atoms with van der Waals surface area (Å²) in [6.07, 6.45) is 7.48. The minimum atomic E-state index is -0.615. The first-order chi connectivity index (χ1) is 21.3. The highest BCUT2D eigenvalue weighted by Gasteiger charge is 2.51. The molecule has 2 aromatic carbocycles. The molecule has 2 heterocycles. The summed E-state index contributed by atoms with van der Waals surface area (Å²) in [5, 5.41) is 5.01. The number of nitrogens with one attached hydrogen (secondary N) is 1. The molecule has 9 heteroatoms. The van der Waals surface area contributed by atoms with Crippen LogP contribution in [0.5, 0.6) is 0 Å². The molecule has 44 heavy (non-hydrogen) atoms. The van der Waals surface area contributed by atoms with Crippen molar-refractivity contribution < 1.29 is 24.0 Å². The van der Waals surface area contributed by atoms with E-state index in [4.69, 9.17) is 9.57 Å². The fraction of sp³-hybridized carbons (Fsp3) is 0.514. The van der Waals surface area contributed by atoms with Crippen LogP contribution >= 0.6 is 0 Å². The highest BCUT2D eigenvalue weighted by molar-refractivity contribution is 5.92. The van der Waals surface area contributed by atoms with Crippen LogP contribution in [0.4, 0.5) is 10.5 Å². The molecule has 3 fully saturated rings. The van der Waals surface area contributed by atoms with Crippen LogP contribution in [0.3, 0.4) is 0 Å². The van der Waals surface area contributed by atoms with Crippen LogP contribution in [-0.2, 0) is 20.0 Å². The topological polar surface area (TPSA) is 91.4 Å². The standard InChI is InChI=1S/C35H46N4O5/c1-4-21-39(34(42)36-30-17-15-28(16-18-30)33(41)43-5-2)31-19-22-38(23-20-31)44-35(29-13-7-6-8-14-29)25-37(24-26(35)3)32(40)27-11-9-10-12-27/h4,6-8,13-18,26-27,31H,1,5,9-12,19-25H2,2-3H3,(H,36,42)/t26-,35+/m0/s1. The Labute approximate surface area is 261 Å². The lowest BCUT2D eigenvalue weighted by molar-refractivity contribution is -0.268. The summed E-state index contributed by atoms with van der Waals surface area (Å²) in [4.78, 5) is 49.6. The molecule has 5 rings (SSSR count). The van der Waals surface area contributed by atoms with Gasteiger partial charge < -0.3 is 19.9 Å². The monoisotopic (exact) mass is 602 g/mol. The molecule has 236 valence electrons. The summed E-state index contributed by atoms with van der Waals surface area (Å²) < 4.78 is 5.05. The van der Waals surface area contributed by atoms with E-state index in [-0.39, 0.29) is 35.8 Å². The van der Waals surface area contributed by atoms with Crippen LogP contribution in [0, 0.1) is 11.8 Å².